The maximum atomic E-state index is 10.8. The zero-order valence-corrected chi connectivity index (χ0v) is 8.21. The zero-order chi connectivity index (χ0) is 11.4. The number of Topliss-reactive ketones (excluding diaryl/α,β-unsaturated/α-hetero) is 1. The molecule has 0 saturated heterocycles. The van der Waals surface area contributed by atoms with Crippen molar-refractivity contribution in [1.29, 1.82) is 5.26 Å². The topological polar surface area (TPSA) is 81.3 Å². The molecule has 0 radical (unpaired) electrons. The highest BCUT2D eigenvalue weighted by Crippen LogP contribution is 2.17. The molecule has 0 bridgehead atoms. The predicted molar refractivity (Wildman–Crippen MR) is 52.8 cm³/mol. The van der Waals surface area contributed by atoms with Crippen molar-refractivity contribution in [3.8, 4) is 6.07 Å². The van der Waals surface area contributed by atoms with E-state index in [2.05, 4.69) is 0 Å². The van der Waals surface area contributed by atoms with Crippen molar-refractivity contribution < 1.29 is 15.0 Å². The van der Waals surface area contributed by atoms with Crippen LogP contribution in [0.5, 0.6) is 0 Å². The molecule has 0 aliphatic rings. The van der Waals surface area contributed by atoms with Crippen molar-refractivity contribution in [3.05, 3.63) is 35.4 Å². The summed E-state index contributed by atoms with van der Waals surface area (Å²) < 4.78 is 0. The standard InChI is InChI=1S/C11H11NO3/c1-7(13)10(14)11(15)9-4-2-8(6-12)3-5-9/h2-5,10-11,14-15H,1H3. The van der Waals surface area contributed by atoms with Gasteiger partial charge in [-0.05, 0) is 24.6 Å². The third-order valence-corrected chi connectivity index (χ3v) is 2.10. The molecule has 15 heavy (non-hydrogen) atoms. The Labute approximate surface area is 87.4 Å². The lowest BCUT2D eigenvalue weighted by molar-refractivity contribution is -0.130. The van der Waals surface area contributed by atoms with Gasteiger partial charge < -0.3 is 10.2 Å². The molecule has 4 nitrogen and oxygen atoms in total. The number of carbonyl (C=O) groups excluding carboxylic acids is 1. The second kappa shape index (κ2) is 4.69. The second-order valence-electron chi connectivity index (χ2n) is 3.23. The second-order valence-corrected chi connectivity index (χ2v) is 3.23. The lowest BCUT2D eigenvalue weighted by atomic mass is 10.0. The van der Waals surface area contributed by atoms with E-state index < -0.39 is 18.0 Å². The molecule has 0 aliphatic carbocycles. The molecule has 2 unspecified atom stereocenters. The van der Waals surface area contributed by atoms with Crippen LogP contribution < -0.4 is 0 Å². The maximum absolute atomic E-state index is 10.8. The van der Waals surface area contributed by atoms with Crippen LogP contribution in [0.3, 0.4) is 0 Å². The van der Waals surface area contributed by atoms with Crippen LogP contribution in [0, 0.1) is 11.3 Å². The van der Waals surface area contributed by atoms with E-state index in [1.807, 2.05) is 6.07 Å². The SMILES string of the molecule is CC(=O)C(O)C(O)c1ccc(C#N)cc1. The first-order valence-electron chi connectivity index (χ1n) is 4.43. The Morgan fingerprint density at radius 2 is 1.87 bits per heavy atom. The highest BCUT2D eigenvalue weighted by Gasteiger charge is 2.21. The summed E-state index contributed by atoms with van der Waals surface area (Å²) in [5.74, 6) is -0.494. The van der Waals surface area contributed by atoms with Crippen molar-refractivity contribution in [1.82, 2.24) is 0 Å². The summed E-state index contributed by atoms with van der Waals surface area (Å²) in [7, 11) is 0. The summed E-state index contributed by atoms with van der Waals surface area (Å²) >= 11 is 0. The van der Waals surface area contributed by atoms with Gasteiger partial charge in [-0.3, -0.25) is 4.79 Å². The van der Waals surface area contributed by atoms with Gasteiger partial charge in [0.15, 0.2) is 5.78 Å². The van der Waals surface area contributed by atoms with Gasteiger partial charge in [0.2, 0.25) is 0 Å². The Hall–Kier alpha value is -1.70. The van der Waals surface area contributed by atoms with Crippen molar-refractivity contribution in [2.45, 2.75) is 19.1 Å². The fourth-order valence-corrected chi connectivity index (χ4v) is 1.16. The first-order valence-corrected chi connectivity index (χ1v) is 4.43. The molecule has 0 fully saturated rings. The predicted octanol–water partition coefficient (Wildman–Crippen LogP) is 0.542. The normalized spacial score (nSPS) is 14.0. The molecule has 0 amide bonds. The minimum Gasteiger partial charge on any atom is -0.385 e. The minimum atomic E-state index is -1.42. The number of ketones is 1. The molecule has 0 saturated carbocycles. The number of hydrogen-bond acceptors (Lipinski definition) is 4. The number of hydrogen-bond donors (Lipinski definition) is 2. The number of aliphatic hydroxyl groups is 2. The number of rotatable bonds is 3. The zero-order valence-electron chi connectivity index (χ0n) is 8.21. The molecule has 1 aromatic rings. The van der Waals surface area contributed by atoms with Gasteiger partial charge in [-0.2, -0.15) is 5.26 Å². The number of nitrogens with zero attached hydrogens (tertiary/aromatic N) is 1. The third-order valence-electron chi connectivity index (χ3n) is 2.10. The average Bonchev–Trinajstić information content (AvgIpc) is 2.27. The summed E-state index contributed by atoms with van der Waals surface area (Å²) in [5.41, 5.74) is 0.875. The summed E-state index contributed by atoms with van der Waals surface area (Å²) in [4.78, 5) is 10.8. The molecule has 0 spiro atoms. The minimum absolute atomic E-state index is 0.414. The molecule has 0 aromatic heterocycles. The Balaban J connectivity index is 2.88. The average molecular weight is 205 g/mol. The van der Waals surface area contributed by atoms with Crippen molar-refractivity contribution in [2.24, 2.45) is 0 Å². The molecule has 0 heterocycles. The van der Waals surface area contributed by atoms with Crippen LogP contribution in [0.25, 0.3) is 0 Å². The third kappa shape index (κ3) is 2.62. The van der Waals surface area contributed by atoms with Gasteiger partial charge in [-0.25, -0.2) is 0 Å². The van der Waals surface area contributed by atoms with E-state index in [4.69, 9.17) is 5.26 Å². The van der Waals surface area contributed by atoms with Crippen LogP contribution in [0.15, 0.2) is 24.3 Å². The van der Waals surface area contributed by atoms with Crippen LogP contribution in [0.2, 0.25) is 0 Å². The van der Waals surface area contributed by atoms with Gasteiger partial charge in [0.05, 0.1) is 11.6 Å². The van der Waals surface area contributed by atoms with Crippen molar-refractivity contribution >= 4 is 5.78 Å². The van der Waals surface area contributed by atoms with Gasteiger partial charge in [-0.1, -0.05) is 12.1 Å². The number of benzene rings is 1. The van der Waals surface area contributed by atoms with E-state index in [0.29, 0.717) is 11.1 Å². The molecule has 2 N–H and O–H groups in total. The quantitative estimate of drug-likeness (QED) is 0.754. The fourth-order valence-electron chi connectivity index (χ4n) is 1.16. The number of aliphatic hydroxyl groups excluding tert-OH is 2. The van der Waals surface area contributed by atoms with E-state index in [0.717, 1.165) is 0 Å². The van der Waals surface area contributed by atoms with Gasteiger partial charge in [0.1, 0.15) is 12.2 Å². The summed E-state index contributed by atoms with van der Waals surface area (Å²) in [6, 6.07) is 7.99. The van der Waals surface area contributed by atoms with Gasteiger partial charge in [0, 0.05) is 0 Å². The Morgan fingerprint density at radius 3 is 2.27 bits per heavy atom. The Bertz CT molecular complexity index is 391. The largest absolute Gasteiger partial charge is 0.385 e. The van der Waals surface area contributed by atoms with Crippen LogP contribution in [0.1, 0.15) is 24.2 Å². The van der Waals surface area contributed by atoms with Crippen LogP contribution in [-0.2, 0) is 4.79 Å². The summed E-state index contributed by atoms with van der Waals surface area (Å²) in [6.45, 7) is 1.21. The molecule has 0 aliphatic heterocycles. The van der Waals surface area contributed by atoms with Gasteiger partial charge in [0.25, 0.3) is 0 Å². The lowest BCUT2D eigenvalue weighted by Gasteiger charge is -2.15. The van der Waals surface area contributed by atoms with Gasteiger partial charge in [-0.15, -0.1) is 0 Å². The highest BCUT2D eigenvalue weighted by molar-refractivity contribution is 5.81. The van der Waals surface area contributed by atoms with Crippen LogP contribution in [0.4, 0.5) is 0 Å². The summed E-state index contributed by atoms with van der Waals surface area (Å²) in [6.07, 6.45) is -2.66. The van der Waals surface area contributed by atoms with E-state index in [1.54, 1.807) is 0 Å². The van der Waals surface area contributed by atoms with Gasteiger partial charge >= 0.3 is 0 Å². The molecular formula is C11H11NO3. The van der Waals surface area contributed by atoms with Crippen LogP contribution >= 0.6 is 0 Å². The monoisotopic (exact) mass is 205 g/mol. The van der Waals surface area contributed by atoms with E-state index in [9.17, 15) is 15.0 Å². The first kappa shape index (κ1) is 11.4. The molecular weight excluding hydrogens is 194 g/mol. The van der Waals surface area contributed by atoms with E-state index >= 15 is 0 Å². The first-order chi connectivity index (χ1) is 7.06. The molecule has 1 rings (SSSR count). The maximum Gasteiger partial charge on any atom is 0.161 e. The molecule has 78 valence electrons. The Kier molecular flexibility index (Phi) is 3.56. The van der Waals surface area contributed by atoms with E-state index in [-0.39, 0.29) is 0 Å². The van der Waals surface area contributed by atoms with Crippen molar-refractivity contribution in [3.63, 3.8) is 0 Å². The fraction of sp³-hybridized carbons (Fsp3) is 0.273. The number of nitriles is 1. The summed E-state index contributed by atoms with van der Waals surface area (Å²) in [5, 5.41) is 27.4. The van der Waals surface area contributed by atoms with E-state index in [1.165, 1.54) is 31.2 Å². The highest BCUT2D eigenvalue weighted by atomic mass is 16.3. The molecule has 4 heteroatoms. The molecule has 1 aromatic carbocycles. The Morgan fingerprint density at radius 1 is 1.33 bits per heavy atom. The molecule has 2 atom stereocenters. The number of carbonyl (C=O) groups is 1. The smallest absolute Gasteiger partial charge is 0.161 e. The van der Waals surface area contributed by atoms with Crippen LogP contribution in [-0.4, -0.2) is 22.1 Å². The lowest BCUT2D eigenvalue weighted by Crippen LogP contribution is -2.25. The van der Waals surface area contributed by atoms with Crippen molar-refractivity contribution in [2.75, 3.05) is 0 Å².